The Kier molecular flexibility index (Phi) is 4.58. The number of rotatable bonds is 4. The summed E-state index contributed by atoms with van der Waals surface area (Å²) in [6.07, 6.45) is -4.13. The van der Waals surface area contributed by atoms with Crippen molar-refractivity contribution in [1.82, 2.24) is 15.5 Å². The van der Waals surface area contributed by atoms with Gasteiger partial charge in [-0.1, -0.05) is 0 Å². The van der Waals surface area contributed by atoms with Crippen LogP contribution in [0.2, 0.25) is 0 Å². The lowest BCUT2D eigenvalue weighted by atomic mass is 10.0. The third-order valence-electron chi connectivity index (χ3n) is 2.86. The van der Waals surface area contributed by atoms with Crippen molar-refractivity contribution < 1.29 is 13.2 Å². The minimum Gasteiger partial charge on any atom is -0.314 e. The van der Waals surface area contributed by atoms with Gasteiger partial charge in [0.1, 0.15) is 0 Å². The number of nitrogens with zero attached hydrogens (tertiary/aromatic N) is 1. The van der Waals surface area contributed by atoms with Crippen LogP contribution in [-0.2, 0) is 0 Å². The number of hydrogen-bond donors (Lipinski definition) is 2. The molecule has 6 heteroatoms. The molecule has 3 nitrogen and oxygen atoms in total. The smallest absolute Gasteiger partial charge is 0.314 e. The van der Waals surface area contributed by atoms with E-state index in [-0.39, 0.29) is 5.54 Å². The normalized spacial score (nSPS) is 20.1. The summed E-state index contributed by atoms with van der Waals surface area (Å²) >= 11 is 0. The first kappa shape index (κ1) is 13.7. The van der Waals surface area contributed by atoms with Gasteiger partial charge in [0.2, 0.25) is 0 Å². The summed E-state index contributed by atoms with van der Waals surface area (Å²) in [5.74, 6) is 0. The SMILES string of the molecule is CC(C)(CNCC(F)(F)F)N1CCNCC1. The van der Waals surface area contributed by atoms with Crippen LogP contribution in [0.15, 0.2) is 0 Å². The van der Waals surface area contributed by atoms with E-state index in [1.807, 2.05) is 13.8 Å². The Morgan fingerprint density at radius 1 is 1.12 bits per heavy atom. The van der Waals surface area contributed by atoms with Gasteiger partial charge in [-0.05, 0) is 13.8 Å². The minimum absolute atomic E-state index is 0.229. The van der Waals surface area contributed by atoms with Crippen molar-refractivity contribution >= 4 is 0 Å². The topological polar surface area (TPSA) is 27.3 Å². The Hall–Kier alpha value is -0.330. The van der Waals surface area contributed by atoms with E-state index in [0.29, 0.717) is 6.54 Å². The fraction of sp³-hybridized carbons (Fsp3) is 1.00. The standard InChI is InChI=1S/C10H20F3N3/c1-9(2,7-15-8-10(11,12)13)16-5-3-14-4-6-16/h14-15H,3-8H2,1-2H3. The van der Waals surface area contributed by atoms with Crippen LogP contribution in [0, 0.1) is 0 Å². The van der Waals surface area contributed by atoms with Crippen molar-refractivity contribution in [2.75, 3.05) is 39.3 Å². The van der Waals surface area contributed by atoms with E-state index in [1.165, 1.54) is 0 Å². The maximum atomic E-state index is 12.0. The van der Waals surface area contributed by atoms with Crippen LogP contribution in [0.3, 0.4) is 0 Å². The highest BCUT2D eigenvalue weighted by atomic mass is 19.4. The van der Waals surface area contributed by atoms with Gasteiger partial charge in [0.15, 0.2) is 0 Å². The van der Waals surface area contributed by atoms with Crippen molar-refractivity contribution in [2.45, 2.75) is 25.6 Å². The molecule has 0 atom stereocenters. The van der Waals surface area contributed by atoms with Crippen LogP contribution in [0.4, 0.5) is 13.2 Å². The molecule has 1 heterocycles. The van der Waals surface area contributed by atoms with Crippen molar-refractivity contribution in [3.63, 3.8) is 0 Å². The predicted octanol–water partition coefficient (Wildman–Crippen LogP) is 0.822. The average molecular weight is 239 g/mol. The lowest BCUT2D eigenvalue weighted by molar-refractivity contribution is -0.125. The molecule has 0 aromatic heterocycles. The third kappa shape index (κ3) is 4.67. The van der Waals surface area contributed by atoms with Crippen molar-refractivity contribution in [3.8, 4) is 0 Å². The van der Waals surface area contributed by atoms with E-state index in [9.17, 15) is 13.2 Å². The summed E-state index contributed by atoms with van der Waals surface area (Å²) < 4.78 is 36.0. The maximum absolute atomic E-state index is 12.0. The molecule has 96 valence electrons. The second-order valence-corrected chi connectivity index (χ2v) is 4.77. The van der Waals surface area contributed by atoms with E-state index < -0.39 is 12.7 Å². The summed E-state index contributed by atoms with van der Waals surface area (Å²) in [6.45, 7) is 6.98. The number of halogens is 3. The van der Waals surface area contributed by atoms with Gasteiger partial charge in [0.25, 0.3) is 0 Å². The van der Waals surface area contributed by atoms with Crippen LogP contribution < -0.4 is 10.6 Å². The van der Waals surface area contributed by atoms with Gasteiger partial charge in [-0.25, -0.2) is 0 Å². The largest absolute Gasteiger partial charge is 0.401 e. The van der Waals surface area contributed by atoms with Gasteiger partial charge in [-0.2, -0.15) is 13.2 Å². The second kappa shape index (κ2) is 5.33. The quantitative estimate of drug-likeness (QED) is 0.760. The highest BCUT2D eigenvalue weighted by Gasteiger charge is 2.31. The first-order chi connectivity index (χ1) is 7.31. The molecule has 0 spiro atoms. The number of piperazine rings is 1. The fourth-order valence-corrected chi connectivity index (χ4v) is 1.89. The van der Waals surface area contributed by atoms with E-state index in [0.717, 1.165) is 26.2 Å². The van der Waals surface area contributed by atoms with E-state index in [4.69, 9.17) is 0 Å². The molecule has 0 unspecified atom stereocenters. The van der Waals surface area contributed by atoms with Crippen LogP contribution in [0.25, 0.3) is 0 Å². The van der Waals surface area contributed by atoms with Crippen LogP contribution in [0.5, 0.6) is 0 Å². The molecule has 0 bridgehead atoms. The molecule has 16 heavy (non-hydrogen) atoms. The summed E-state index contributed by atoms with van der Waals surface area (Å²) in [6, 6.07) is 0. The van der Waals surface area contributed by atoms with Crippen molar-refractivity contribution in [1.29, 1.82) is 0 Å². The molecule has 0 saturated carbocycles. The molecular formula is C10H20F3N3. The zero-order valence-electron chi connectivity index (χ0n) is 9.82. The summed E-state index contributed by atoms with van der Waals surface area (Å²) in [4.78, 5) is 2.22. The molecule has 0 amide bonds. The monoisotopic (exact) mass is 239 g/mol. The number of alkyl halides is 3. The molecule has 2 N–H and O–H groups in total. The van der Waals surface area contributed by atoms with Gasteiger partial charge in [0, 0.05) is 38.3 Å². The molecule has 1 aliphatic rings. The van der Waals surface area contributed by atoms with Crippen LogP contribution in [-0.4, -0.2) is 55.9 Å². The molecule has 1 rings (SSSR count). The van der Waals surface area contributed by atoms with Gasteiger partial charge in [0.05, 0.1) is 6.54 Å². The Morgan fingerprint density at radius 2 is 1.69 bits per heavy atom. The molecule has 0 aromatic carbocycles. The Morgan fingerprint density at radius 3 is 2.19 bits per heavy atom. The predicted molar refractivity (Wildman–Crippen MR) is 57.4 cm³/mol. The molecule has 0 aromatic rings. The Bertz CT molecular complexity index is 210. The Labute approximate surface area is 94.4 Å². The molecule has 0 aliphatic carbocycles. The molecule has 1 saturated heterocycles. The molecule has 1 aliphatic heterocycles. The number of nitrogens with one attached hydrogen (secondary N) is 2. The zero-order valence-corrected chi connectivity index (χ0v) is 9.82. The van der Waals surface area contributed by atoms with Crippen LogP contribution in [0.1, 0.15) is 13.8 Å². The van der Waals surface area contributed by atoms with Gasteiger partial charge >= 0.3 is 6.18 Å². The Balaban J connectivity index is 2.32. The lowest BCUT2D eigenvalue weighted by Gasteiger charge is -2.41. The molecular weight excluding hydrogens is 219 g/mol. The molecule has 0 radical (unpaired) electrons. The highest BCUT2D eigenvalue weighted by molar-refractivity contribution is 4.86. The number of hydrogen-bond acceptors (Lipinski definition) is 3. The lowest BCUT2D eigenvalue weighted by Crippen LogP contribution is -2.57. The van der Waals surface area contributed by atoms with Crippen molar-refractivity contribution in [3.05, 3.63) is 0 Å². The highest BCUT2D eigenvalue weighted by Crippen LogP contribution is 2.16. The minimum atomic E-state index is -4.13. The summed E-state index contributed by atoms with van der Waals surface area (Å²) in [5, 5.41) is 5.70. The van der Waals surface area contributed by atoms with Crippen molar-refractivity contribution in [2.24, 2.45) is 0 Å². The van der Waals surface area contributed by atoms with Gasteiger partial charge in [-0.15, -0.1) is 0 Å². The summed E-state index contributed by atoms with van der Waals surface area (Å²) in [5.41, 5.74) is -0.229. The molecule has 1 fully saturated rings. The second-order valence-electron chi connectivity index (χ2n) is 4.77. The summed E-state index contributed by atoms with van der Waals surface area (Å²) in [7, 11) is 0. The van der Waals surface area contributed by atoms with E-state index >= 15 is 0 Å². The van der Waals surface area contributed by atoms with Gasteiger partial charge in [-0.3, -0.25) is 4.90 Å². The first-order valence-electron chi connectivity index (χ1n) is 5.54. The average Bonchev–Trinajstić information content (AvgIpc) is 2.17. The first-order valence-corrected chi connectivity index (χ1v) is 5.54. The van der Waals surface area contributed by atoms with Gasteiger partial charge < -0.3 is 10.6 Å². The third-order valence-corrected chi connectivity index (χ3v) is 2.86. The van der Waals surface area contributed by atoms with E-state index in [2.05, 4.69) is 15.5 Å². The van der Waals surface area contributed by atoms with Crippen LogP contribution >= 0.6 is 0 Å². The van der Waals surface area contributed by atoms with E-state index in [1.54, 1.807) is 0 Å². The zero-order chi connectivity index (χ0) is 12.2. The maximum Gasteiger partial charge on any atom is 0.401 e. The fourth-order valence-electron chi connectivity index (χ4n) is 1.89.